The number of benzene rings is 3. The van der Waals surface area contributed by atoms with Gasteiger partial charge in [0.25, 0.3) is 0 Å². The zero-order valence-corrected chi connectivity index (χ0v) is 14.6. The van der Waals surface area contributed by atoms with E-state index in [9.17, 15) is 0 Å². The Morgan fingerprint density at radius 3 is 2.42 bits per heavy atom. The molecule has 0 saturated heterocycles. The monoisotopic (exact) mass is 337 g/mol. The fourth-order valence-corrected chi connectivity index (χ4v) is 2.98. The summed E-state index contributed by atoms with van der Waals surface area (Å²) < 4.78 is 2.12. The quantitative estimate of drug-likeness (QED) is 0.370. The lowest BCUT2D eigenvalue weighted by atomic mass is 10.1. The van der Waals surface area contributed by atoms with Crippen LogP contribution in [0.15, 0.2) is 84.1 Å². The topological polar surface area (TPSA) is 30.2 Å². The van der Waals surface area contributed by atoms with Crippen molar-refractivity contribution in [1.82, 2.24) is 9.55 Å². The molecule has 0 spiro atoms. The molecule has 1 heterocycles. The lowest BCUT2D eigenvalue weighted by Crippen LogP contribution is -1.91. The van der Waals surface area contributed by atoms with Crippen LogP contribution in [0.25, 0.3) is 28.9 Å². The van der Waals surface area contributed by atoms with Crippen molar-refractivity contribution in [2.45, 2.75) is 0 Å². The van der Waals surface area contributed by atoms with Crippen molar-refractivity contribution < 1.29 is 0 Å². The zero-order valence-electron chi connectivity index (χ0n) is 14.6. The van der Waals surface area contributed by atoms with Gasteiger partial charge in [0.2, 0.25) is 0 Å². The Balaban J connectivity index is 1.61. The number of aliphatic imine (C=N–C) groups is 1. The molecule has 0 atom stereocenters. The van der Waals surface area contributed by atoms with Crippen molar-refractivity contribution in [3.8, 4) is 5.69 Å². The van der Waals surface area contributed by atoms with Crippen LogP contribution in [-0.2, 0) is 0 Å². The van der Waals surface area contributed by atoms with E-state index in [0.29, 0.717) is 0 Å². The second-order valence-corrected chi connectivity index (χ2v) is 6.09. The van der Waals surface area contributed by atoms with Crippen molar-refractivity contribution in [3.63, 3.8) is 0 Å². The molecule has 126 valence electrons. The van der Waals surface area contributed by atoms with E-state index in [1.165, 1.54) is 0 Å². The normalized spacial score (nSPS) is 11.7. The van der Waals surface area contributed by atoms with Crippen molar-refractivity contribution in [2.75, 3.05) is 7.05 Å². The largest absolute Gasteiger partial charge is 0.299 e. The Morgan fingerprint density at radius 1 is 0.808 bits per heavy atom. The highest BCUT2D eigenvalue weighted by Crippen LogP contribution is 2.19. The van der Waals surface area contributed by atoms with Crippen LogP contribution in [0.4, 0.5) is 0 Å². The van der Waals surface area contributed by atoms with E-state index < -0.39 is 0 Å². The summed E-state index contributed by atoms with van der Waals surface area (Å²) in [5.41, 5.74) is 6.65. The van der Waals surface area contributed by atoms with Gasteiger partial charge < -0.3 is 0 Å². The maximum atomic E-state index is 4.48. The minimum Gasteiger partial charge on any atom is -0.299 e. The average molecular weight is 337 g/mol. The number of aromatic nitrogens is 2. The Kier molecular flexibility index (Phi) is 4.44. The van der Waals surface area contributed by atoms with Gasteiger partial charge in [0.05, 0.1) is 11.0 Å². The maximum Gasteiger partial charge on any atom is 0.100 e. The molecule has 26 heavy (non-hydrogen) atoms. The van der Waals surface area contributed by atoms with Crippen LogP contribution in [0.2, 0.25) is 0 Å². The average Bonchev–Trinajstić information content (AvgIpc) is 3.12. The highest BCUT2D eigenvalue weighted by molar-refractivity contribution is 5.81. The third kappa shape index (κ3) is 3.33. The Labute approximate surface area is 153 Å². The van der Waals surface area contributed by atoms with E-state index in [1.807, 2.05) is 30.7 Å². The molecule has 4 rings (SSSR count). The summed E-state index contributed by atoms with van der Waals surface area (Å²) in [6.07, 6.45) is 7.98. The first-order chi connectivity index (χ1) is 12.8. The van der Waals surface area contributed by atoms with Crippen LogP contribution in [-0.4, -0.2) is 22.8 Å². The standard InChI is InChI=1S/C23H19N3/c1-24-16-20-13-10-18(11-14-20)9-12-19-5-4-6-21(15-19)26-17-25-22-7-2-3-8-23(22)26/h2-17H,1H3/b12-9+,24-16?. The van der Waals surface area contributed by atoms with Gasteiger partial charge in [-0.05, 0) is 41.0 Å². The Morgan fingerprint density at radius 2 is 1.58 bits per heavy atom. The minimum absolute atomic E-state index is 1.00. The summed E-state index contributed by atoms with van der Waals surface area (Å²) in [6, 6.07) is 25.0. The second kappa shape index (κ2) is 7.19. The number of hydrogen-bond acceptors (Lipinski definition) is 2. The van der Waals surface area contributed by atoms with Crippen LogP contribution in [0.1, 0.15) is 16.7 Å². The first-order valence-corrected chi connectivity index (χ1v) is 8.56. The SMILES string of the molecule is CN=Cc1ccc(/C=C/c2cccc(-n3cnc4ccccc43)c2)cc1. The molecule has 0 saturated carbocycles. The van der Waals surface area contributed by atoms with Gasteiger partial charge in [-0.2, -0.15) is 0 Å². The van der Waals surface area contributed by atoms with Crippen molar-refractivity contribution in [1.29, 1.82) is 0 Å². The first kappa shape index (κ1) is 16.0. The predicted octanol–water partition coefficient (Wildman–Crippen LogP) is 5.24. The van der Waals surface area contributed by atoms with E-state index in [2.05, 4.69) is 81.3 Å². The maximum absolute atomic E-state index is 4.48. The van der Waals surface area contributed by atoms with E-state index >= 15 is 0 Å². The molecule has 0 amide bonds. The third-order valence-corrected chi connectivity index (χ3v) is 4.28. The smallest absolute Gasteiger partial charge is 0.100 e. The van der Waals surface area contributed by atoms with Gasteiger partial charge in [-0.1, -0.05) is 60.7 Å². The fraction of sp³-hybridized carbons (Fsp3) is 0.0435. The lowest BCUT2D eigenvalue weighted by Gasteiger charge is -2.05. The molecular formula is C23H19N3. The lowest BCUT2D eigenvalue weighted by molar-refractivity contribution is 1.09. The molecule has 3 aromatic carbocycles. The van der Waals surface area contributed by atoms with E-state index in [-0.39, 0.29) is 0 Å². The first-order valence-electron chi connectivity index (χ1n) is 8.56. The van der Waals surface area contributed by atoms with Gasteiger partial charge >= 0.3 is 0 Å². The number of imidazole rings is 1. The van der Waals surface area contributed by atoms with Gasteiger partial charge in [0, 0.05) is 18.9 Å². The van der Waals surface area contributed by atoms with Gasteiger partial charge in [-0.3, -0.25) is 9.56 Å². The molecule has 0 unspecified atom stereocenters. The van der Waals surface area contributed by atoms with Crippen LogP contribution in [0, 0.1) is 0 Å². The Bertz CT molecular complexity index is 1090. The summed E-state index contributed by atoms with van der Waals surface area (Å²) in [5.74, 6) is 0. The zero-order chi connectivity index (χ0) is 17.8. The van der Waals surface area contributed by atoms with Crippen molar-refractivity contribution >= 4 is 29.4 Å². The van der Waals surface area contributed by atoms with Crippen LogP contribution >= 0.6 is 0 Å². The van der Waals surface area contributed by atoms with Crippen LogP contribution < -0.4 is 0 Å². The number of fused-ring (bicyclic) bond motifs is 1. The number of para-hydroxylation sites is 2. The molecule has 3 heteroatoms. The van der Waals surface area contributed by atoms with Crippen LogP contribution in [0.5, 0.6) is 0 Å². The molecule has 0 fully saturated rings. The molecule has 0 N–H and O–H groups in total. The van der Waals surface area contributed by atoms with Gasteiger partial charge in [-0.25, -0.2) is 4.98 Å². The summed E-state index contributed by atoms with van der Waals surface area (Å²) in [7, 11) is 1.78. The van der Waals surface area contributed by atoms with E-state index in [1.54, 1.807) is 7.05 Å². The van der Waals surface area contributed by atoms with Crippen LogP contribution in [0.3, 0.4) is 0 Å². The highest BCUT2D eigenvalue weighted by Gasteiger charge is 2.03. The van der Waals surface area contributed by atoms with Crippen molar-refractivity contribution in [3.05, 3.63) is 95.8 Å². The predicted molar refractivity (Wildman–Crippen MR) is 110 cm³/mol. The Hall–Kier alpha value is -3.46. The molecular weight excluding hydrogens is 318 g/mol. The van der Waals surface area contributed by atoms with E-state index in [0.717, 1.165) is 33.4 Å². The molecule has 3 nitrogen and oxygen atoms in total. The summed E-state index contributed by atoms with van der Waals surface area (Å²) in [5, 5.41) is 0. The van der Waals surface area contributed by atoms with Gasteiger partial charge in [-0.15, -0.1) is 0 Å². The molecule has 0 aliphatic heterocycles. The molecule has 0 aliphatic carbocycles. The summed E-state index contributed by atoms with van der Waals surface area (Å²) >= 11 is 0. The fourth-order valence-electron chi connectivity index (χ4n) is 2.98. The molecule has 0 aliphatic rings. The minimum atomic E-state index is 1.00. The molecule has 0 radical (unpaired) electrons. The number of rotatable bonds is 4. The molecule has 4 aromatic rings. The van der Waals surface area contributed by atoms with Crippen molar-refractivity contribution in [2.24, 2.45) is 4.99 Å². The number of nitrogens with zero attached hydrogens (tertiary/aromatic N) is 3. The summed E-state index contributed by atoms with van der Waals surface area (Å²) in [4.78, 5) is 8.51. The third-order valence-electron chi connectivity index (χ3n) is 4.28. The molecule has 1 aromatic heterocycles. The van der Waals surface area contributed by atoms with E-state index in [4.69, 9.17) is 0 Å². The highest BCUT2D eigenvalue weighted by atomic mass is 15.0. The summed E-state index contributed by atoms with van der Waals surface area (Å²) in [6.45, 7) is 0. The van der Waals surface area contributed by atoms with Gasteiger partial charge in [0.1, 0.15) is 6.33 Å². The molecule has 0 bridgehead atoms. The number of hydrogen-bond donors (Lipinski definition) is 0. The second-order valence-electron chi connectivity index (χ2n) is 6.09. The van der Waals surface area contributed by atoms with Gasteiger partial charge in [0.15, 0.2) is 0 Å².